The maximum atomic E-state index is 9.50. The second-order valence-corrected chi connectivity index (χ2v) is 4.73. The number of hydrogen-bond donors (Lipinski definition) is 1. The molecule has 3 rings (SSSR count). The second-order valence-electron chi connectivity index (χ2n) is 4.73. The number of allylic oxidation sites excluding steroid dienone is 1. The van der Waals surface area contributed by atoms with Gasteiger partial charge in [-0.2, -0.15) is 0 Å². The van der Waals surface area contributed by atoms with Gasteiger partial charge < -0.3 is 10.0 Å². The van der Waals surface area contributed by atoms with E-state index in [1.165, 1.54) is 16.8 Å². The van der Waals surface area contributed by atoms with Crippen LogP contribution in [0.1, 0.15) is 24.0 Å². The van der Waals surface area contributed by atoms with Crippen LogP contribution < -0.4 is 0 Å². The summed E-state index contributed by atoms with van der Waals surface area (Å²) < 4.78 is 0. The molecule has 0 radical (unpaired) electrons. The van der Waals surface area contributed by atoms with Crippen molar-refractivity contribution in [2.24, 2.45) is 0 Å². The van der Waals surface area contributed by atoms with E-state index < -0.39 is 0 Å². The Kier molecular flexibility index (Phi) is 2.44. The van der Waals surface area contributed by atoms with Crippen molar-refractivity contribution in [2.75, 3.05) is 13.1 Å². The Morgan fingerprint density at radius 1 is 1.12 bits per heavy atom. The fraction of sp³-hybridized carbons (Fsp3) is 0.429. The van der Waals surface area contributed by atoms with Crippen molar-refractivity contribution in [2.45, 2.75) is 25.4 Å². The van der Waals surface area contributed by atoms with Crippen LogP contribution in [0.15, 0.2) is 30.0 Å². The fourth-order valence-electron chi connectivity index (χ4n) is 2.62. The standard InChI is InChI=1S/C14H17NO/c16-14-5-7-15(8-6-14)13-9-11-3-1-2-4-12(11)10-13/h1-4,9,14,16H,5-8,10H2. The van der Waals surface area contributed by atoms with E-state index in [2.05, 4.69) is 35.2 Å². The molecule has 2 aliphatic rings. The number of rotatable bonds is 1. The lowest BCUT2D eigenvalue weighted by Gasteiger charge is -2.32. The molecule has 84 valence electrons. The second kappa shape index (κ2) is 3.95. The van der Waals surface area contributed by atoms with Gasteiger partial charge >= 0.3 is 0 Å². The molecule has 0 aromatic heterocycles. The van der Waals surface area contributed by atoms with Crippen LogP contribution >= 0.6 is 0 Å². The summed E-state index contributed by atoms with van der Waals surface area (Å²) in [5.41, 5.74) is 4.22. The minimum Gasteiger partial charge on any atom is -0.393 e. The highest BCUT2D eigenvalue weighted by Gasteiger charge is 2.22. The van der Waals surface area contributed by atoms with E-state index in [1.807, 2.05) is 0 Å². The summed E-state index contributed by atoms with van der Waals surface area (Å²) in [4.78, 5) is 2.42. The summed E-state index contributed by atoms with van der Waals surface area (Å²) in [6.07, 6.45) is 5.10. The molecule has 1 aliphatic heterocycles. The zero-order valence-corrected chi connectivity index (χ0v) is 9.39. The van der Waals surface area contributed by atoms with Crippen molar-refractivity contribution < 1.29 is 5.11 Å². The van der Waals surface area contributed by atoms with Gasteiger partial charge in [-0.15, -0.1) is 0 Å². The average molecular weight is 215 g/mol. The summed E-state index contributed by atoms with van der Waals surface area (Å²) in [5, 5.41) is 9.50. The molecule has 0 bridgehead atoms. The van der Waals surface area contributed by atoms with E-state index in [9.17, 15) is 5.11 Å². The number of nitrogens with zero attached hydrogens (tertiary/aromatic N) is 1. The van der Waals surface area contributed by atoms with Gasteiger partial charge in [-0.05, 0) is 30.0 Å². The van der Waals surface area contributed by atoms with Crippen LogP contribution in [-0.4, -0.2) is 29.2 Å². The normalized spacial score (nSPS) is 20.8. The zero-order chi connectivity index (χ0) is 11.0. The Labute approximate surface area is 96.2 Å². The van der Waals surface area contributed by atoms with E-state index in [0.29, 0.717) is 0 Å². The molecule has 1 aromatic carbocycles. The smallest absolute Gasteiger partial charge is 0.0573 e. The highest BCUT2D eigenvalue weighted by Crippen LogP contribution is 2.28. The molecular weight excluding hydrogens is 198 g/mol. The van der Waals surface area contributed by atoms with Gasteiger partial charge in [-0.3, -0.25) is 0 Å². The SMILES string of the molecule is OC1CCN(C2=Cc3ccccc3C2)CC1. The van der Waals surface area contributed by atoms with E-state index in [4.69, 9.17) is 0 Å². The summed E-state index contributed by atoms with van der Waals surface area (Å²) in [7, 11) is 0. The number of hydrogen-bond acceptors (Lipinski definition) is 2. The van der Waals surface area contributed by atoms with Crippen LogP contribution in [0.4, 0.5) is 0 Å². The number of likely N-dealkylation sites (tertiary alicyclic amines) is 1. The van der Waals surface area contributed by atoms with Crippen LogP contribution in [0.2, 0.25) is 0 Å². The lowest BCUT2D eigenvalue weighted by Crippen LogP contribution is -2.35. The molecule has 1 heterocycles. The maximum absolute atomic E-state index is 9.50. The third-order valence-corrected chi connectivity index (χ3v) is 3.62. The van der Waals surface area contributed by atoms with Gasteiger partial charge in [0.15, 0.2) is 0 Å². The van der Waals surface area contributed by atoms with Gasteiger partial charge in [0.25, 0.3) is 0 Å². The molecule has 16 heavy (non-hydrogen) atoms. The largest absolute Gasteiger partial charge is 0.393 e. The minimum absolute atomic E-state index is 0.0828. The number of aliphatic hydroxyl groups excluding tert-OH is 1. The molecule has 1 aromatic rings. The lowest BCUT2D eigenvalue weighted by molar-refractivity contribution is 0.0968. The summed E-state index contributed by atoms with van der Waals surface area (Å²) >= 11 is 0. The maximum Gasteiger partial charge on any atom is 0.0573 e. The fourth-order valence-corrected chi connectivity index (χ4v) is 2.62. The van der Waals surface area contributed by atoms with Crippen LogP contribution in [0.5, 0.6) is 0 Å². The molecule has 0 amide bonds. The molecule has 0 saturated carbocycles. The highest BCUT2D eigenvalue weighted by molar-refractivity contribution is 5.63. The van der Waals surface area contributed by atoms with Crippen molar-refractivity contribution in [1.82, 2.24) is 4.90 Å². The van der Waals surface area contributed by atoms with Crippen LogP contribution in [0.3, 0.4) is 0 Å². The van der Waals surface area contributed by atoms with E-state index in [1.54, 1.807) is 0 Å². The molecule has 0 spiro atoms. The Hall–Kier alpha value is -1.28. The van der Waals surface area contributed by atoms with E-state index >= 15 is 0 Å². The molecule has 2 nitrogen and oxygen atoms in total. The Bertz CT molecular complexity index is 416. The predicted octanol–water partition coefficient (Wildman–Crippen LogP) is 2.04. The van der Waals surface area contributed by atoms with Gasteiger partial charge in [-0.1, -0.05) is 24.3 Å². The first-order valence-electron chi connectivity index (χ1n) is 6.04. The number of fused-ring (bicyclic) bond motifs is 1. The molecular formula is C14H17NO. The Morgan fingerprint density at radius 3 is 2.62 bits per heavy atom. The van der Waals surface area contributed by atoms with Gasteiger partial charge in [-0.25, -0.2) is 0 Å². The van der Waals surface area contributed by atoms with Crippen molar-refractivity contribution in [1.29, 1.82) is 0 Å². The van der Waals surface area contributed by atoms with Crippen molar-refractivity contribution in [3.63, 3.8) is 0 Å². The van der Waals surface area contributed by atoms with Crippen molar-refractivity contribution in [3.05, 3.63) is 41.1 Å². The van der Waals surface area contributed by atoms with Crippen molar-refractivity contribution >= 4 is 6.08 Å². The lowest BCUT2D eigenvalue weighted by atomic mass is 10.1. The zero-order valence-electron chi connectivity index (χ0n) is 9.39. The third kappa shape index (κ3) is 1.74. The first kappa shape index (κ1) is 9.91. The number of piperidine rings is 1. The molecule has 1 N–H and O–H groups in total. The number of aliphatic hydroxyl groups is 1. The molecule has 1 fully saturated rings. The Morgan fingerprint density at radius 2 is 1.88 bits per heavy atom. The monoisotopic (exact) mass is 215 g/mol. The topological polar surface area (TPSA) is 23.5 Å². The first-order valence-corrected chi connectivity index (χ1v) is 6.04. The van der Waals surface area contributed by atoms with Gasteiger partial charge in [0.1, 0.15) is 0 Å². The highest BCUT2D eigenvalue weighted by atomic mass is 16.3. The van der Waals surface area contributed by atoms with Gasteiger partial charge in [0, 0.05) is 25.2 Å². The van der Waals surface area contributed by atoms with Crippen LogP contribution in [-0.2, 0) is 6.42 Å². The van der Waals surface area contributed by atoms with Gasteiger partial charge in [0.05, 0.1) is 6.10 Å². The average Bonchev–Trinajstić information content (AvgIpc) is 2.73. The quantitative estimate of drug-likeness (QED) is 0.775. The first-order chi connectivity index (χ1) is 7.83. The van der Waals surface area contributed by atoms with E-state index in [-0.39, 0.29) is 6.10 Å². The number of benzene rings is 1. The third-order valence-electron chi connectivity index (χ3n) is 3.62. The summed E-state index contributed by atoms with van der Waals surface area (Å²) in [6.45, 7) is 2.00. The van der Waals surface area contributed by atoms with Gasteiger partial charge in [0.2, 0.25) is 0 Å². The molecule has 1 aliphatic carbocycles. The van der Waals surface area contributed by atoms with Crippen LogP contribution in [0.25, 0.3) is 6.08 Å². The minimum atomic E-state index is -0.0828. The molecule has 0 unspecified atom stereocenters. The van der Waals surface area contributed by atoms with Crippen LogP contribution in [0, 0.1) is 0 Å². The Balaban J connectivity index is 1.75. The molecule has 2 heteroatoms. The summed E-state index contributed by atoms with van der Waals surface area (Å²) in [6, 6.07) is 8.59. The molecule has 1 saturated heterocycles. The van der Waals surface area contributed by atoms with E-state index in [0.717, 1.165) is 32.4 Å². The molecule has 0 atom stereocenters. The summed E-state index contributed by atoms with van der Waals surface area (Å²) in [5.74, 6) is 0. The predicted molar refractivity (Wildman–Crippen MR) is 64.9 cm³/mol. The van der Waals surface area contributed by atoms with Crippen molar-refractivity contribution in [3.8, 4) is 0 Å².